The Kier molecular flexibility index (Phi) is 2.11. The number of alkyl halides is 1. The fraction of sp³-hybridized carbons (Fsp3) is 0.900. The number of ether oxygens (including phenoxy) is 3. The number of hydrogen-bond acceptors (Lipinski definition) is 4. The number of carbonyl (C=O) groups is 1. The van der Waals surface area contributed by atoms with Gasteiger partial charge in [0, 0.05) is 5.92 Å². The summed E-state index contributed by atoms with van der Waals surface area (Å²) in [6.45, 7) is 3.82. The van der Waals surface area contributed by atoms with E-state index in [2.05, 4.69) is 22.6 Å². The molecule has 2 saturated heterocycles. The molecule has 84 valence electrons. The van der Waals surface area contributed by atoms with Gasteiger partial charge in [0.1, 0.15) is 16.1 Å². The third kappa shape index (κ3) is 1.43. The summed E-state index contributed by atoms with van der Waals surface area (Å²) in [4.78, 5) is 11.5. The second-order valence-corrected chi connectivity index (χ2v) is 6.18. The molecule has 0 N–H and O–H groups in total. The van der Waals surface area contributed by atoms with Crippen molar-refractivity contribution in [1.29, 1.82) is 0 Å². The van der Waals surface area contributed by atoms with Gasteiger partial charge >= 0.3 is 5.97 Å². The van der Waals surface area contributed by atoms with Crippen LogP contribution in [0.15, 0.2) is 0 Å². The van der Waals surface area contributed by atoms with Crippen molar-refractivity contribution < 1.29 is 19.0 Å². The van der Waals surface area contributed by atoms with Crippen LogP contribution in [0.1, 0.15) is 20.3 Å². The number of carbonyl (C=O) groups excluding carboxylic acids is 1. The van der Waals surface area contributed by atoms with Crippen LogP contribution in [0.25, 0.3) is 0 Å². The Bertz CT molecular complexity index is 317. The first-order valence-corrected chi connectivity index (χ1v) is 6.43. The SMILES string of the molecule is CC1(C)OC2C3CC(C(I)C(=O)O3)C2O1. The molecule has 3 fully saturated rings. The van der Waals surface area contributed by atoms with E-state index >= 15 is 0 Å². The molecule has 5 atom stereocenters. The van der Waals surface area contributed by atoms with Crippen molar-refractivity contribution in [2.75, 3.05) is 0 Å². The summed E-state index contributed by atoms with van der Waals surface area (Å²) in [6.07, 6.45) is 0.748. The maximum atomic E-state index is 11.5. The standard InChI is InChI=1S/C10H13IO4/c1-10(2)14-7-4-3-5(8(7)15-10)13-9(12)6(4)11/h4-8H,3H2,1-2H3. The second-order valence-electron chi connectivity index (χ2n) is 4.84. The molecule has 2 aliphatic heterocycles. The lowest BCUT2D eigenvalue weighted by molar-refractivity contribution is -0.186. The molecule has 15 heavy (non-hydrogen) atoms. The summed E-state index contributed by atoms with van der Waals surface area (Å²) >= 11 is 2.15. The van der Waals surface area contributed by atoms with Crippen LogP contribution < -0.4 is 0 Å². The molecule has 0 amide bonds. The van der Waals surface area contributed by atoms with Crippen LogP contribution in [0.4, 0.5) is 0 Å². The molecular formula is C10H13IO4. The molecule has 4 nitrogen and oxygen atoms in total. The van der Waals surface area contributed by atoms with Crippen LogP contribution in [0, 0.1) is 5.92 Å². The van der Waals surface area contributed by atoms with Crippen molar-refractivity contribution in [3.63, 3.8) is 0 Å². The number of fused-ring (bicyclic) bond motifs is 5. The van der Waals surface area contributed by atoms with Crippen LogP contribution in [0.5, 0.6) is 0 Å². The molecule has 0 aromatic carbocycles. The highest BCUT2D eigenvalue weighted by Gasteiger charge is 2.60. The van der Waals surface area contributed by atoms with Crippen molar-refractivity contribution in [3.8, 4) is 0 Å². The molecule has 5 unspecified atom stereocenters. The van der Waals surface area contributed by atoms with Crippen molar-refractivity contribution >= 4 is 28.6 Å². The number of esters is 1. The predicted octanol–water partition coefficient (Wildman–Crippen LogP) is 1.26. The first-order chi connectivity index (χ1) is 6.98. The Morgan fingerprint density at radius 2 is 2.00 bits per heavy atom. The van der Waals surface area contributed by atoms with Crippen LogP contribution in [0.3, 0.4) is 0 Å². The highest BCUT2D eigenvalue weighted by molar-refractivity contribution is 14.1. The zero-order chi connectivity index (χ0) is 10.8. The minimum atomic E-state index is -0.535. The van der Waals surface area contributed by atoms with Gasteiger partial charge in [-0.25, -0.2) is 0 Å². The van der Waals surface area contributed by atoms with Crippen LogP contribution in [-0.4, -0.2) is 34.0 Å². The van der Waals surface area contributed by atoms with Gasteiger partial charge in [-0.3, -0.25) is 4.79 Å². The van der Waals surface area contributed by atoms with E-state index in [1.807, 2.05) is 13.8 Å². The molecule has 0 radical (unpaired) electrons. The lowest BCUT2D eigenvalue weighted by atomic mass is 10.0. The molecule has 5 heteroatoms. The zero-order valence-electron chi connectivity index (χ0n) is 8.60. The summed E-state index contributed by atoms with van der Waals surface area (Å²) in [5.41, 5.74) is 0. The van der Waals surface area contributed by atoms with Gasteiger partial charge in [0.2, 0.25) is 0 Å². The van der Waals surface area contributed by atoms with Gasteiger partial charge in [0.25, 0.3) is 0 Å². The molecular weight excluding hydrogens is 311 g/mol. The summed E-state index contributed by atoms with van der Waals surface area (Å²) < 4.78 is 16.9. The average Bonchev–Trinajstić information content (AvgIpc) is 2.57. The topological polar surface area (TPSA) is 44.8 Å². The van der Waals surface area contributed by atoms with E-state index in [0.717, 1.165) is 6.42 Å². The van der Waals surface area contributed by atoms with Gasteiger partial charge in [-0.05, 0) is 20.3 Å². The van der Waals surface area contributed by atoms with Gasteiger partial charge in [-0.15, -0.1) is 0 Å². The molecule has 0 aromatic rings. The highest BCUT2D eigenvalue weighted by Crippen LogP contribution is 2.48. The minimum absolute atomic E-state index is 0.0262. The zero-order valence-corrected chi connectivity index (χ0v) is 10.8. The Balaban J connectivity index is 1.90. The number of hydrogen-bond donors (Lipinski definition) is 0. The van der Waals surface area contributed by atoms with Gasteiger partial charge in [-0.1, -0.05) is 22.6 Å². The van der Waals surface area contributed by atoms with Gasteiger partial charge in [0.15, 0.2) is 5.79 Å². The fourth-order valence-corrected chi connectivity index (χ4v) is 3.61. The third-order valence-corrected chi connectivity index (χ3v) is 4.76. The van der Waals surface area contributed by atoms with Crippen LogP contribution in [-0.2, 0) is 19.0 Å². The molecule has 3 rings (SSSR count). The van der Waals surface area contributed by atoms with Gasteiger partial charge < -0.3 is 14.2 Å². The van der Waals surface area contributed by atoms with Crippen molar-refractivity contribution in [3.05, 3.63) is 0 Å². The van der Waals surface area contributed by atoms with E-state index in [9.17, 15) is 4.79 Å². The van der Waals surface area contributed by atoms with Crippen LogP contribution in [0.2, 0.25) is 0 Å². The first-order valence-electron chi connectivity index (χ1n) is 5.18. The molecule has 1 aliphatic carbocycles. The first kappa shape index (κ1) is 10.3. The molecule has 3 aliphatic rings. The summed E-state index contributed by atoms with van der Waals surface area (Å²) in [5, 5.41) is 0. The van der Waals surface area contributed by atoms with E-state index < -0.39 is 5.79 Å². The Labute approximate surface area is 102 Å². The third-order valence-electron chi connectivity index (χ3n) is 3.33. The van der Waals surface area contributed by atoms with E-state index in [4.69, 9.17) is 14.2 Å². The van der Waals surface area contributed by atoms with E-state index in [1.54, 1.807) is 0 Å². The van der Waals surface area contributed by atoms with Crippen molar-refractivity contribution in [2.45, 2.75) is 48.3 Å². The Hall–Kier alpha value is 0.120. The van der Waals surface area contributed by atoms with E-state index in [-0.39, 0.29) is 34.1 Å². The summed E-state index contributed by atoms with van der Waals surface area (Å²) in [7, 11) is 0. The lowest BCUT2D eigenvalue weighted by Gasteiger charge is -2.29. The number of halogens is 1. The predicted molar refractivity (Wildman–Crippen MR) is 59.6 cm³/mol. The summed E-state index contributed by atoms with van der Waals surface area (Å²) in [6, 6.07) is 0. The van der Waals surface area contributed by atoms with Crippen molar-refractivity contribution in [2.24, 2.45) is 5.92 Å². The molecule has 1 saturated carbocycles. The van der Waals surface area contributed by atoms with Gasteiger partial charge in [-0.2, -0.15) is 0 Å². The Morgan fingerprint density at radius 1 is 1.33 bits per heavy atom. The second kappa shape index (κ2) is 3.07. The smallest absolute Gasteiger partial charge is 0.319 e. The average molecular weight is 324 g/mol. The quantitative estimate of drug-likeness (QED) is 0.382. The van der Waals surface area contributed by atoms with Crippen molar-refractivity contribution in [1.82, 2.24) is 0 Å². The summed E-state index contributed by atoms with van der Waals surface area (Å²) in [5.74, 6) is -0.397. The minimum Gasteiger partial charge on any atom is -0.459 e. The Morgan fingerprint density at radius 3 is 2.73 bits per heavy atom. The van der Waals surface area contributed by atoms with E-state index in [0.29, 0.717) is 0 Å². The largest absolute Gasteiger partial charge is 0.459 e. The molecule has 2 heterocycles. The van der Waals surface area contributed by atoms with E-state index in [1.165, 1.54) is 0 Å². The van der Waals surface area contributed by atoms with Gasteiger partial charge in [0.05, 0.1) is 6.10 Å². The molecule has 2 bridgehead atoms. The fourth-order valence-electron chi connectivity index (χ4n) is 2.76. The maximum Gasteiger partial charge on any atom is 0.319 e. The molecule has 0 aromatic heterocycles. The number of rotatable bonds is 0. The monoisotopic (exact) mass is 324 g/mol. The van der Waals surface area contributed by atoms with Crippen LogP contribution >= 0.6 is 22.6 Å². The lowest BCUT2D eigenvalue weighted by Crippen LogP contribution is -2.38. The highest BCUT2D eigenvalue weighted by atomic mass is 127. The normalized spacial score (nSPS) is 51.4. The molecule has 0 spiro atoms. The maximum absolute atomic E-state index is 11.5.